The molecule has 4 nitrogen and oxygen atoms in total. The number of nitrogens with zero attached hydrogens (tertiary/aromatic N) is 1. The van der Waals surface area contributed by atoms with E-state index in [1.54, 1.807) is 20.9 Å². The van der Waals surface area contributed by atoms with E-state index in [0.717, 1.165) is 0 Å². The Bertz CT molecular complexity index is 248. The van der Waals surface area contributed by atoms with Gasteiger partial charge in [0, 0.05) is 7.05 Å². The zero-order valence-corrected chi connectivity index (χ0v) is 8.55. The van der Waals surface area contributed by atoms with Crippen LogP contribution >= 0.6 is 0 Å². The Kier molecular flexibility index (Phi) is 2.32. The molecule has 1 rings (SSSR count). The average molecular weight is 184 g/mol. The van der Waals surface area contributed by atoms with Crippen molar-refractivity contribution in [3.63, 3.8) is 0 Å². The van der Waals surface area contributed by atoms with Crippen molar-refractivity contribution in [2.45, 2.75) is 38.8 Å². The van der Waals surface area contributed by atoms with Gasteiger partial charge in [0.15, 0.2) is 0 Å². The van der Waals surface area contributed by atoms with Crippen LogP contribution in [-0.2, 0) is 9.59 Å². The standard InChI is InChI=1S/C9H16N2O2/c1-5-6-7(12)10-9(2,3)8(13)11(6)4/h6H,5H2,1-4H3,(H,10,12). The Morgan fingerprint density at radius 2 is 2.00 bits per heavy atom. The van der Waals surface area contributed by atoms with E-state index in [9.17, 15) is 9.59 Å². The molecule has 1 N–H and O–H groups in total. The molecule has 0 aromatic heterocycles. The lowest BCUT2D eigenvalue weighted by Gasteiger charge is -2.40. The number of nitrogens with one attached hydrogen (secondary N) is 1. The molecular weight excluding hydrogens is 168 g/mol. The van der Waals surface area contributed by atoms with Gasteiger partial charge < -0.3 is 10.2 Å². The number of hydrogen-bond acceptors (Lipinski definition) is 2. The second-order valence-corrected chi connectivity index (χ2v) is 3.95. The summed E-state index contributed by atoms with van der Waals surface area (Å²) < 4.78 is 0. The van der Waals surface area contributed by atoms with E-state index >= 15 is 0 Å². The van der Waals surface area contributed by atoms with Crippen LogP contribution in [0.1, 0.15) is 27.2 Å². The SMILES string of the molecule is CCC1C(=O)NC(C)(C)C(=O)N1C. The fourth-order valence-electron chi connectivity index (χ4n) is 1.66. The molecule has 0 spiro atoms. The number of carbonyl (C=O) groups excluding carboxylic acids is 2. The first kappa shape index (κ1) is 10.0. The highest BCUT2D eigenvalue weighted by Gasteiger charge is 2.42. The summed E-state index contributed by atoms with van der Waals surface area (Å²) in [6.07, 6.45) is 0.657. The molecular formula is C9H16N2O2. The fourth-order valence-corrected chi connectivity index (χ4v) is 1.66. The average Bonchev–Trinajstić information content (AvgIpc) is 2.01. The molecule has 2 amide bonds. The molecule has 1 unspecified atom stereocenters. The number of hydrogen-bond donors (Lipinski definition) is 1. The summed E-state index contributed by atoms with van der Waals surface area (Å²) in [7, 11) is 1.68. The van der Waals surface area contributed by atoms with Crippen LogP contribution in [0.25, 0.3) is 0 Å². The van der Waals surface area contributed by atoms with E-state index < -0.39 is 5.54 Å². The summed E-state index contributed by atoms with van der Waals surface area (Å²) in [5.41, 5.74) is -0.752. The topological polar surface area (TPSA) is 49.4 Å². The first-order valence-electron chi connectivity index (χ1n) is 4.49. The molecule has 74 valence electrons. The Balaban J connectivity index is 2.92. The number of rotatable bonds is 1. The van der Waals surface area contributed by atoms with Gasteiger partial charge in [-0.2, -0.15) is 0 Å². The van der Waals surface area contributed by atoms with Crippen LogP contribution in [0.5, 0.6) is 0 Å². The summed E-state index contributed by atoms with van der Waals surface area (Å²) in [6, 6.07) is -0.305. The zero-order valence-electron chi connectivity index (χ0n) is 8.55. The first-order chi connectivity index (χ1) is 5.90. The van der Waals surface area contributed by atoms with E-state index in [1.807, 2.05) is 6.92 Å². The second kappa shape index (κ2) is 3.01. The monoisotopic (exact) mass is 184 g/mol. The second-order valence-electron chi connectivity index (χ2n) is 3.95. The first-order valence-corrected chi connectivity index (χ1v) is 4.49. The van der Waals surface area contributed by atoms with Crippen molar-refractivity contribution >= 4 is 11.8 Å². The predicted molar refractivity (Wildman–Crippen MR) is 49.1 cm³/mol. The minimum Gasteiger partial charge on any atom is -0.340 e. The van der Waals surface area contributed by atoms with Crippen molar-refractivity contribution in [1.82, 2.24) is 10.2 Å². The molecule has 0 aliphatic carbocycles. The van der Waals surface area contributed by atoms with E-state index in [4.69, 9.17) is 0 Å². The Morgan fingerprint density at radius 3 is 2.46 bits per heavy atom. The molecule has 13 heavy (non-hydrogen) atoms. The lowest BCUT2D eigenvalue weighted by atomic mass is 9.96. The van der Waals surface area contributed by atoms with Crippen molar-refractivity contribution < 1.29 is 9.59 Å². The van der Waals surface area contributed by atoms with Crippen LogP contribution in [0.4, 0.5) is 0 Å². The molecule has 1 atom stereocenters. The van der Waals surface area contributed by atoms with Crippen LogP contribution in [0.3, 0.4) is 0 Å². The molecule has 1 heterocycles. The maximum absolute atomic E-state index is 11.7. The molecule has 4 heteroatoms. The van der Waals surface area contributed by atoms with Gasteiger partial charge in [0.05, 0.1) is 0 Å². The normalized spacial score (nSPS) is 27.4. The van der Waals surface area contributed by atoms with Gasteiger partial charge in [0.2, 0.25) is 11.8 Å². The van der Waals surface area contributed by atoms with Crippen LogP contribution in [0.15, 0.2) is 0 Å². The van der Waals surface area contributed by atoms with E-state index in [1.165, 1.54) is 4.90 Å². The number of carbonyl (C=O) groups is 2. The third-order valence-corrected chi connectivity index (χ3v) is 2.45. The lowest BCUT2D eigenvalue weighted by molar-refractivity contribution is -0.151. The van der Waals surface area contributed by atoms with E-state index in [-0.39, 0.29) is 17.9 Å². The summed E-state index contributed by atoms with van der Waals surface area (Å²) in [4.78, 5) is 24.7. The van der Waals surface area contributed by atoms with Gasteiger partial charge in [0.25, 0.3) is 0 Å². The highest BCUT2D eigenvalue weighted by Crippen LogP contribution is 2.17. The Morgan fingerprint density at radius 1 is 1.46 bits per heavy atom. The Labute approximate surface area is 78.3 Å². The van der Waals surface area contributed by atoms with Crippen LogP contribution in [0, 0.1) is 0 Å². The summed E-state index contributed by atoms with van der Waals surface area (Å²) >= 11 is 0. The van der Waals surface area contributed by atoms with Crippen LogP contribution in [0.2, 0.25) is 0 Å². The van der Waals surface area contributed by atoms with Gasteiger partial charge in [-0.1, -0.05) is 6.92 Å². The number of amides is 2. The van der Waals surface area contributed by atoms with Crippen molar-refractivity contribution in [2.24, 2.45) is 0 Å². The van der Waals surface area contributed by atoms with Gasteiger partial charge >= 0.3 is 0 Å². The molecule has 0 bridgehead atoms. The molecule has 1 fully saturated rings. The molecule has 0 aromatic carbocycles. The zero-order chi connectivity index (χ0) is 10.2. The maximum Gasteiger partial charge on any atom is 0.248 e. The van der Waals surface area contributed by atoms with E-state index in [2.05, 4.69) is 5.32 Å². The minimum absolute atomic E-state index is 0.0287. The van der Waals surface area contributed by atoms with Gasteiger partial charge in [0.1, 0.15) is 11.6 Å². The van der Waals surface area contributed by atoms with Crippen molar-refractivity contribution in [3.8, 4) is 0 Å². The lowest BCUT2D eigenvalue weighted by Crippen LogP contribution is -2.66. The Hall–Kier alpha value is -1.06. The highest BCUT2D eigenvalue weighted by molar-refractivity contribution is 5.99. The minimum atomic E-state index is -0.752. The van der Waals surface area contributed by atoms with Crippen molar-refractivity contribution in [1.29, 1.82) is 0 Å². The van der Waals surface area contributed by atoms with Gasteiger partial charge in [-0.3, -0.25) is 9.59 Å². The summed E-state index contributed by atoms with van der Waals surface area (Å²) in [5, 5.41) is 2.71. The predicted octanol–water partition coefficient (Wildman–Crippen LogP) is 0.132. The van der Waals surface area contributed by atoms with Gasteiger partial charge in [-0.05, 0) is 20.3 Å². The quantitative estimate of drug-likeness (QED) is 0.630. The van der Waals surface area contributed by atoms with Crippen LogP contribution in [-0.4, -0.2) is 35.3 Å². The number of piperazine rings is 1. The summed E-state index contributed by atoms with van der Waals surface area (Å²) in [6.45, 7) is 5.33. The third kappa shape index (κ3) is 1.53. The maximum atomic E-state index is 11.7. The molecule has 1 aliphatic rings. The molecule has 1 saturated heterocycles. The number of likely N-dealkylation sites (N-methyl/N-ethyl adjacent to an activating group) is 1. The smallest absolute Gasteiger partial charge is 0.248 e. The molecule has 0 aromatic rings. The summed E-state index contributed by atoms with van der Waals surface area (Å²) in [5.74, 6) is -0.0893. The van der Waals surface area contributed by atoms with E-state index in [0.29, 0.717) is 6.42 Å². The van der Waals surface area contributed by atoms with Gasteiger partial charge in [-0.25, -0.2) is 0 Å². The fraction of sp³-hybridized carbons (Fsp3) is 0.778. The molecule has 0 saturated carbocycles. The molecule has 0 radical (unpaired) electrons. The van der Waals surface area contributed by atoms with Crippen LogP contribution < -0.4 is 5.32 Å². The highest BCUT2D eigenvalue weighted by atomic mass is 16.2. The third-order valence-electron chi connectivity index (χ3n) is 2.45. The van der Waals surface area contributed by atoms with Crippen molar-refractivity contribution in [2.75, 3.05) is 7.05 Å². The van der Waals surface area contributed by atoms with Gasteiger partial charge in [-0.15, -0.1) is 0 Å². The molecule has 1 aliphatic heterocycles. The largest absolute Gasteiger partial charge is 0.340 e. The van der Waals surface area contributed by atoms with Crippen molar-refractivity contribution in [3.05, 3.63) is 0 Å².